The molecule has 0 radical (unpaired) electrons. The van der Waals surface area contributed by atoms with Crippen molar-refractivity contribution >= 4 is 23.0 Å². The van der Waals surface area contributed by atoms with Gasteiger partial charge in [0.05, 0.1) is 39.9 Å². The van der Waals surface area contributed by atoms with Gasteiger partial charge in [0.25, 0.3) is 0 Å². The largest absolute Gasteiger partial charge is 0.497 e. The Hall–Kier alpha value is -2.31. The maximum atomic E-state index is 5.60. The monoisotopic (exact) mass is 384 g/mol. The van der Waals surface area contributed by atoms with E-state index in [1.54, 1.807) is 12.0 Å². The summed E-state index contributed by atoms with van der Waals surface area (Å²) >= 11 is 5.60. The van der Waals surface area contributed by atoms with Gasteiger partial charge < -0.3 is 24.6 Å². The predicted molar refractivity (Wildman–Crippen MR) is 111 cm³/mol. The molecule has 1 saturated heterocycles. The highest BCUT2D eigenvalue weighted by Gasteiger charge is 2.22. The van der Waals surface area contributed by atoms with E-state index in [4.69, 9.17) is 21.7 Å². The van der Waals surface area contributed by atoms with Crippen LogP contribution in [-0.4, -0.2) is 49.9 Å². The summed E-state index contributed by atoms with van der Waals surface area (Å²) in [4.78, 5) is 3.87. The van der Waals surface area contributed by atoms with Crippen LogP contribution >= 0.6 is 12.2 Å². The van der Waals surface area contributed by atoms with Crippen LogP contribution in [-0.2, 0) is 13.0 Å². The van der Waals surface area contributed by atoms with E-state index >= 15 is 0 Å². The van der Waals surface area contributed by atoms with Crippen LogP contribution in [0.2, 0.25) is 0 Å². The second kappa shape index (κ2) is 8.15. The molecule has 0 aliphatic carbocycles. The molecule has 27 heavy (non-hydrogen) atoms. The Kier molecular flexibility index (Phi) is 5.45. The maximum absolute atomic E-state index is 5.60. The van der Waals surface area contributed by atoms with Crippen molar-refractivity contribution in [1.29, 1.82) is 0 Å². The summed E-state index contributed by atoms with van der Waals surface area (Å²) < 4.78 is 10.8. The van der Waals surface area contributed by atoms with Crippen molar-refractivity contribution in [3.63, 3.8) is 0 Å². The fourth-order valence-corrected chi connectivity index (χ4v) is 4.02. The van der Waals surface area contributed by atoms with Crippen LogP contribution in [0.25, 0.3) is 0 Å². The summed E-state index contributed by atoms with van der Waals surface area (Å²) in [7, 11) is 1.67. The van der Waals surface area contributed by atoms with Gasteiger partial charge in [0, 0.05) is 17.7 Å². The number of fused-ring (bicyclic) bond motifs is 1. The second-order valence-electron chi connectivity index (χ2n) is 7.11. The SMILES string of the molecule is COc1ccc(NC(=S)N2CC[NH+](Cc3ccc4c(c3)CCO4)CC2)cc1. The van der Waals surface area contributed by atoms with Gasteiger partial charge in [-0.1, -0.05) is 0 Å². The van der Waals surface area contributed by atoms with Crippen molar-refractivity contribution in [3.05, 3.63) is 53.6 Å². The minimum atomic E-state index is 0.800. The molecule has 0 amide bonds. The zero-order valence-electron chi connectivity index (χ0n) is 15.7. The molecule has 6 heteroatoms. The highest BCUT2D eigenvalue weighted by Crippen LogP contribution is 2.25. The molecule has 1 fully saturated rings. The average Bonchev–Trinajstić information content (AvgIpc) is 3.17. The molecule has 0 saturated carbocycles. The highest BCUT2D eigenvalue weighted by atomic mass is 32.1. The van der Waals surface area contributed by atoms with E-state index in [0.29, 0.717) is 0 Å². The summed E-state index contributed by atoms with van der Waals surface area (Å²) in [6.07, 6.45) is 1.04. The van der Waals surface area contributed by atoms with Gasteiger partial charge in [-0.3, -0.25) is 0 Å². The van der Waals surface area contributed by atoms with Gasteiger partial charge in [0.2, 0.25) is 0 Å². The molecule has 2 heterocycles. The van der Waals surface area contributed by atoms with E-state index < -0.39 is 0 Å². The molecule has 0 spiro atoms. The van der Waals surface area contributed by atoms with Gasteiger partial charge in [-0.25, -0.2) is 0 Å². The van der Waals surface area contributed by atoms with Gasteiger partial charge in [0.1, 0.15) is 18.0 Å². The van der Waals surface area contributed by atoms with Crippen molar-refractivity contribution in [2.45, 2.75) is 13.0 Å². The van der Waals surface area contributed by atoms with Crippen LogP contribution in [0, 0.1) is 0 Å². The van der Waals surface area contributed by atoms with Crippen molar-refractivity contribution < 1.29 is 14.4 Å². The van der Waals surface area contributed by atoms with Crippen molar-refractivity contribution in [2.24, 2.45) is 0 Å². The van der Waals surface area contributed by atoms with E-state index in [9.17, 15) is 0 Å². The maximum Gasteiger partial charge on any atom is 0.173 e. The number of hydrogen-bond donors (Lipinski definition) is 2. The van der Waals surface area contributed by atoms with Gasteiger partial charge in [0.15, 0.2) is 5.11 Å². The van der Waals surface area contributed by atoms with Crippen molar-refractivity contribution in [1.82, 2.24) is 4.90 Å². The minimum Gasteiger partial charge on any atom is -0.497 e. The number of methoxy groups -OCH3 is 1. The van der Waals surface area contributed by atoms with Crippen molar-refractivity contribution in [3.8, 4) is 11.5 Å². The fraction of sp³-hybridized carbons (Fsp3) is 0.381. The average molecular weight is 385 g/mol. The summed E-state index contributed by atoms with van der Waals surface area (Å²) in [6.45, 7) is 6.04. The third kappa shape index (κ3) is 4.34. The van der Waals surface area contributed by atoms with E-state index in [0.717, 1.165) is 68.1 Å². The first-order valence-electron chi connectivity index (χ1n) is 9.49. The molecule has 0 aromatic heterocycles. The van der Waals surface area contributed by atoms with Gasteiger partial charge in [-0.15, -0.1) is 0 Å². The van der Waals surface area contributed by atoms with E-state index in [1.807, 2.05) is 24.3 Å². The fourth-order valence-electron chi connectivity index (χ4n) is 3.72. The number of benzene rings is 2. The van der Waals surface area contributed by atoms with Crippen LogP contribution in [0.1, 0.15) is 11.1 Å². The summed E-state index contributed by atoms with van der Waals surface area (Å²) in [6, 6.07) is 14.5. The third-order valence-electron chi connectivity index (χ3n) is 5.31. The van der Waals surface area contributed by atoms with Crippen LogP contribution in [0.3, 0.4) is 0 Å². The molecule has 5 nitrogen and oxygen atoms in total. The Bertz CT molecular complexity index is 802. The molecule has 2 aromatic rings. The Morgan fingerprint density at radius 1 is 1.19 bits per heavy atom. The normalized spacial score (nSPS) is 16.6. The zero-order chi connectivity index (χ0) is 18.6. The molecule has 142 valence electrons. The number of quaternary nitrogens is 1. The number of anilines is 1. The lowest BCUT2D eigenvalue weighted by Crippen LogP contribution is -3.13. The van der Waals surface area contributed by atoms with Gasteiger partial charge >= 0.3 is 0 Å². The van der Waals surface area contributed by atoms with Crippen LogP contribution in [0.15, 0.2) is 42.5 Å². The molecular formula is C21H26N3O2S+. The number of nitrogens with one attached hydrogen (secondary N) is 2. The smallest absolute Gasteiger partial charge is 0.173 e. The lowest BCUT2D eigenvalue weighted by molar-refractivity contribution is -0.917. The number of rotatable bonds is 4. The Balaban J connectivity index is 1.27. The van der Waals surface area contributed by atoms with Crippen molar-refractivity contribution in [2.75, 3.05) is 45.2 Å². The van der Waals surface area contributed by atoms with E-state index in [-0.39, 0.29) is 0 Å². The topological polar surface area (TPSA) is 38.2 Å². The Labute approximate surface area is 165 Å². The van der Waals surface area contributed by atoms with Gasteiger partial charge in [-0.2, -0.15) is 0 Å². The minimum absolute atomic E-state index is 0.800. The quantitative estimate of drug-likeness (QED) is 0.786. The Morgan fingerprint density at radius 3 is 2.70 bits per heavy atom. The lowest BCUT2D eigenvalue weighted by Gasteiger charge is -2.34. The van der Waals surface area contributed by atoms with Crippen LogP contribution in [0.5, 0.6) is 11.5 Å². The second-order valence-corrected chi connectivity index (χ2v) is 7.50. The first-order valence-corrected chi connectivity index (χ1v) is 9.90. The highest BCUT2D eigenvalue weighted by molar-refractivity contribution is 7.80. The molecule has 0 unspecified atom stereocenters. The van der Waals surface area contributed by atoms with E-state index in [2.05, 4.69) is 28.4 Å². The standard InChI is InChI=1S/C21H25N3O2S/c1-25-19-5-3-18(4-6-19)22-21(27)24-11-9-23(10-12-24)15-16-2-7-20-17(14-16)8-13-26-20/h2-7,14H,8-13,15H2,1H3,(H,22,27)/p+1. The third-order valence-corrected chi connectivity index (χ3v) is 5.67. The predicted octanol–water partition coefficient (Wildman–Crippen LogP) is 1.73. The summed E-state index contributed by atoms with van der Waals surface area (Å²) in [5, 5.41) is 4.13. The number of hydrogen-bond acceptors (Lipinski definition) is 3. The molecule has 4 rings (SSSR count). The molecule has 2 aliphatic rings. The lowest BCUT2D eigenvalue weighted by atomic mass is 10.1. The van der Waals surface area contributed by atoms with Crippen LogP contribution in [0.4, 0.5) is 5.69 Å². The number of piperazine rings is 1. The molecule has 0 bridgehead atoms. The summed E-state index contributed by atoms with van der Waals surface area (Å²) in [5.41, 5.74) is 3.76. The zero-order valence-corrected chi connectivity index (χ0v) is 16.5. The van der Waals surface area contributed by atoms with E-state index in [1.165, 1.54) is 11.1 Å². The molecular weight excluding hydrogens is 358 g/mol. The number of ether oxygens (including phenoxy) is 2. The first kappa shape index (κ1) is 18.1. The first-order chi connectivity index (χ1) is 13.2. The van der Waals surface area contributed by atoms with Gasteiger partial charge in [-0.05, 0) is 60.2 Å². The van der Waals surface area contributed by atoms with Crippen LogP contribution < -0.4 is 19.7 Å². The molecule has 2 N–H and O–H groups in total. The molecule has 2 aromatic carbocycles. The summed E-state index contributed by atoms with van der Waals surface area (Å²) in [5.74, 6) is 1.91. The molecule has 2 aliphatic heterocycles. The number of thiocarbonyl (C=S) groups is 1. The number of nitrogens with zero attached hydrogens (tertiary/aromatic N) is 1. The Morgan fingerprint density at radius 2 is 1.96 bits per heavy atom. The molecule has 0 atom stereocenters.